The Hall–Kier alpha value is -0.250. The van der Waals surface area contributed by atoms with Crippen molar-refractivity contribution < 1.29 is 5.11 Å². The molecular formula is C11H15BrClNO. The molecule has 0 aromatic heterocycles. The van der Waals surface area contributed by atoms with Crippen LogP contribution in [-0.4, -0.2) is 16.7 Å². The number of hydrogen-bond donors (Lipinski definition) is 2. The highest BCUT2D eigenvalue weighted by atomic mass is 79.9. The predicted molar refractivity (Wildman–Crippen MR) is 68.5 cm³/mol. The Morgan fingerprint density at radius 2 is 2.07 bits per heavy atom. The minimum Gasteiger partial charge on any atom is -0.388 e. The van der Waals surface area contributed by atoms with Crippen LogP contribution in [0.5, 0.6) is 0 Å². The highest BCUT2D eigenvalue weighted by molar-refractivity contribution is 9.10. The molecule has 0 bridgehead atoms. The van der Waals surface area contributed by atoms with Crippen LogP contribution in [-0.2, 0) is 0 Å². The summed E-state index contributed by atoms with van der Waals surface area (Å²) in [4.78, 5) is 0. The van der Waals surface area contributed by atoms with Crippen LogP contribution in [0.2, 0.25) is 5.02 Å². The fraction of sp³-hybridized carbons (Fsp3) is 0.455. The second kappa shape index (κ2) is 4.73. The molecule has 0 radical (unpaired) electrons. The van der Waals surface area contributed by atoms with Crippen molar-refractivity contribution >= 4 is 33.2 Å². The van der Waals surface area contributed by atoms with Crippen LogP contribution >= 0.6 is 27.5 Å². The second-order valence-corrected chi connectivity index (χ2v) is 5.32. The highest BCUT2D eigenvalue weighted by Crippen LogP contribution is 2.31. The molecule has 4 heteroatoms. The topological polar surface area (TPSA) is 32.3 Å². The van der Waals surface area contributed by atoms with Gasteiger partial charge in [0.2, 0.25) is 0 Å². The van der Waals surface area contributed by atoms with E-state index in [0.717, 1.165) is 10.2 Å². The van der Waals surface area contributed by atoms with Gasteiger partial charge in [0.05, 0.1) is 26.8 Å². The molecule has 0 saturated heterocycles. The maximum absolute atomic E-state index is 9.80. The molecule has 0 fully saturated rings. The lowest BCUT2D eigenvalue weighted by Gasteiger charge is -2.28. The van der Waals surface area contributed by atoms with Gasteiger partial charge in [-0.1, -0.05) is 17.7 Å². The van der Waals surface area contributed by atoms with Crippen molar-refractivity contribution in [3.8, 4) is 0 Å². The predicted octanol–water partition coefficient (Wildman–Crippen LogP) is 3.67. The van der Waals surface area contributed by atoms with Gasteiger partial charge in [-0.15, -0.1) is 0 Å². The van der Waals surface area contributed by atoms with E-state index in [-0.39, 0.29) is 6.04 Å². The normalized spacial score (nSPS) is 13.7. The SMILES string of the molecule is CC(Nc1cccc(Cl)c1Br)C(C)(C)O. The first-order valence-corrected chi connectivity index (χ1v) is 5.92. The number of aliphatic hydroxyl groups is 1. The number of anilines is 1. The summed E-state index contributed by atoms with van der Waals surface area (Å²) in [5.74, 6) is 0. The van der Waals surface area contributed by atoms with E-state index in [0.29, 0.717) is 5.02 Å². The molecule has 1 rings (SSSR count). The summed E-state index contributed by atoms with van der Waals surface area (Å²) in [5, 5.41) is 13.7. The van der Waals surface area contributed by atoms with Gasteiger partial charge >= 0.3 is 0 Å². The summed E-state index contributed by atoms with van der Waals surface area (Å²) >= 11 is 9.36. The molecular weight excluding hydrogens is 277 g/mol. The highest BCUT2D eigenvalue weighted by Gasteiger charge is 2.22. The van der Waals surface area contributed by atoms with Crippen molar-refractivity contribution in [2.45, 2.75) is 32.4 Å². The van der Waals surface area contributed by atoms with Gasteiger partial charge in [0.25, 0.3) is 0 Å². The lowest BCUT2D eigenvalue weighted by molar-refractivity contribution is 0.0649. The van der Waals surface area contributed by atoms with Crippen molar-refractivity contribution in [1.29, 1.82) is 0 Å². The molecule has 0 saturated carbocycles. The molecule has 1 aromatic carbocycles. The zero-order chi connectivity index (χ0) is 11.6. The average molecular weight is 293 g/mol. The first kappa shape index (κ1) is 12.8. The van der Waals surface area contributed by atoms with Crippen molar-refractivity contribution in [2.24, 2.45) is 0 Å². The molecule has 0 aliphatic carbocycles. The van der Waals surface area contributed by atoms with Gasteiger partial charge in [0, 0.05) is 0 Å². The molecule has 0 amide bonds. The van der Waals surface area contributed by atoms with Gasteiger partial charge in [0.15, 0.2) is 0 Å². The minimum absolute atomic E-state index is 0.0627. The second-order valence-electron chi connectivity index (χ2n) is 4.12. The maximum atomic E-state index is 9.80. The van der Waals surface area contributed by atoms with E-state index >= 15 is 0 Å². The van der Waals surface area contributed by atoms with Gasteiger partial charge in [0.1, 0.15) is 0 Å². The first-order valence-electron chi connectivity index (χ1n) is 4.75. The van der Waals surface area contributed by atoms with E-state index in [1.54, 1.807) is 13.8 Å². The van der Waals surface area contributed by atoms with Gasteiger partial charge in [-0.25, -0.2) is 0 Å². The van der Waals surface area contributed by atoms with E-state index in [2.05, 4.69) is 21.2 Å². The molecule has 0 aliphatic heterocycles. The monoisotopic (exact) mass is 291 g/mol. The van der Waals surface area contributed by atoms with Crippen LogP contribution in [0.15, 0.2) is 22.7 Å². The summed E-state index contributed by atoms with van der Waals surface area (Å²) in [6, 6.07) is 5.53. The molecule has 0 spiro atoms. The number of hydrogen-bond acceptors (Lipinski definition) is 2. The van der Waals surface area contributed by atoms with Gasteiger partial charge in [-0.05, 0) is 48.8 Å². The molecule has 0 heterocycles. The van der Waals surface area contributed by atoms with Crippen molar-refractivity contribution in [3.63, 3.8) is 0 Å². The standard InChI is InChI=1S/C11H15BrClNO/c1-7(11(2,3)15)14-9-6-4-5-8(13)10(9)12/h4-7,14-15H,1-3H3. The summed E-state index contributed by atoms with van der Waals surface area (Å²) in [6.45, 7) is 5.46. The Morgan fingerprint density at radius 1 is 1.47 bits per heavy atom. The largest absolute Gasteiger partial charge is 0.388 e. The molecule has 2 nitrogen and oxygen atoms in total. The molecule has 2 N–H and O–H groups in total. The maximum Gasteiger partial charge on any atom is 0.0789 e. The number of benzene rings is 1. The van der Waals surface area contributed by atoms with E-state index in [1.807, 2.05) is 25.1 Å². The average Bonchev–Trinajstić information content (AvgIpc) is 2.11. The molecule has 15 heavy (non-hydrogen) atoms. The molecule has 1 unspecified atom stereocenters. The number of halogens is 2. The lowest BCUT2D eigenvalue weighted by atomic mass is 10.0. The fourth-order valence-corrected chi connectivity index (χ4v) is 1.58. The van der Waals surface area contributed by atoms with Crippen LogP contribution in [0, 0.1) is 0 Å². The number of nitrogens with one attached hydrogen (secondary N) is 1. The van der Waals surface area contributed by atoms with Crippen molar-refractivity contribution in [3.05, 3.63) is 27.7 Å². The summed E-state index contributed by atoms with van der Waals surface area (Å²) in [6.07, 6.45) is 0. The van der Waals surface area contributed by atoms with E-state index in [9.17, 15) is 5.11 Å². The third-order valence-electron chi connectivity index (χ3n) is 2.38. The van der Waals surface area contributed by atoms with Crippen LogP contribution in [0.3, 0.4) is 0 Å². The van der Waals surface area contributed by atoms with Gasteiger partial charge in [-0.2, -0.15) is 0 Å². The number of rotatable bonds is 3. The zero-order valence-electron chi connectivity index (χ0n) is 9.01. The fourth-order valence-electron chi connectivity index (χ4n) is 1.03. The van der Waals surface area contributed by atoms with Gasteiger partial charge in [-0.3, -0.25) is 0 Å². The van der Waals surface area contributed by atoms with Crippen LogP contribution < -0.4 is 5.32 Å². The van der Waals surface area contributed by atoms with Crippen molar-refractivity contribution in [1.82, 2.24) is 0 Å². The van der Waals surface area contributed by atoms with E-state index in [4.69, 9.17) is 11.6 Å². The van der Waals surface area contributed by atoms with Crippen molar-refractivity contribution in [2.75, 3.05) is 5.32 Å². The first-order chi connectivity index (χ1) is 6.82. The molecule has 1 aromatic rings. The Bertz CT molecular complexity index is 349. The Labute approximate surface area is 104 Å². The van der Waals surface area contributed by atoms with Crippen LogP contribution in [0.4, 0.5) is 5.69 Å². The Balaban J connectivity index is 2.86. The third-order valence-corrected chi connectivity index (χ3v) is 3.78. The molecule has 84 valence electrons. The third kappa shape index (κ3) is 3.37. The van der Waals surface area contributed by atoms with Crippen LogP contribution in [0.1, 0.15) is 20.8 Å². The minimum atomic E-state index is -0.776. The van der Waals surface area contributed by atoms with E-state index in [1.165, 1.54) is 0 Å². The smallest absolute Gasteiger partial charge is 0.0789 e. The van der Waals surface area contributed by atoms with Gasteiger partial charge < -0.3 is 10.4 Å². The summed E-state index contributed by atoms with van der Waals surface area (Å²) in [7, 11) is 0. The zero-order valence-corrected chi connectivity index (χ0v) is 11.4. The Kier molecular flexibility index (Phi) is 4.04. The summed E-state index contributed by atoms with van der Waals surface area (Å²) in [5.41, 5.74) is 0.110. The molecule has 0 aliphatic rings. The lowest BCUT2D eigenvalue weighted by Crippen LogP contribution is -2.39. The van der Waals surface area contributed by atoms with E-state index < -0.39 is 5.60 Å². The van der Waals surface area contributed by atoms with Crippen LogP contribution in [0.25, 0.3) is 0 Å². The summed E-state index contributed by atoms with van der Waals surface area (Å²) < 4.78 is 0.822. The quantitative estimate of drug-likeness (QED) is 0.891. The molecule has 1 atom stereocenters. The Morgan fingerprint density at radius 3 is 2.60 bits per heavy atom.